The molecule has 2 rings (SSSR count). The number of rotatable bonds is 8. The van der Waals surface area contributed by atoms with Crippen molar-refractivity contribution in [2.24, 2.45) is 0 Å². The van der Waals surface area contributed by atoms with E-state index in [0.717, 1.165) is 18.5 Å². The second-order valence-electron chi connectivity index (χ2n) is 6.30. The zero-order valence-corrected chi connectivity index (χ0v) is 14.3. The van der Waals surface area contributed by atoms with Crippen molar-refractivity contribution in [3.63, 3.8) is 0 Å². The highest BCUT2D eigenvalue weighted by molar-refractivity contribution is 5.81. The summed E-state index contributed by atoms with van der Waals surface area (Å²) in [6, 6.07) is 6.03. The van der Waals surface area contributed by atoms with Crippen molar-refractivity contribution in [3.05, 3.63) is 30.1 Å². The minimum Gasteiger partial charge on any atom is -0.383 e. The van der Waals surface area contributed by atoms with Crippen LogP contribution in [-0.4, -0.2) is 48.1 Å². The highest BCUT2D eigenvalue weighted by Gasteiger charge is 2.24. The first-order chi connectivity index (χ1) is 11.2. The van der Waals surface area contributed by atoms with Gasteiger partial charge in [-0.1, -0.05) is 25.3 Å². The standard InChI is InChI=1S/C18H29N3O2/c1-15(18(22)20-16-8-4-3-5-9-16)21(12-13-23-2)14-17-10-6-7-11-19-17/h6-7,10-11,15-16H,3-5,8-9,12-14H2,1-2H3,(H,20,22)/t15-/m0/s1. The monoisotopic (exact) mass is 319 g/mol. The van der Waals surface area contributed by atoms with Gasteiger partial charge in [0.15, 0.2) is 0 Å². The largest absolute Gasteiger partial charge is 0.383 e. The highest BCUT2D eigenvalue weighted by Crippen LogP contribution is 2.18. The zero-order chi connectivity index (χ0) is 16.5. The normalized spacial score (nSPS) is 17.2. The molecule has 0 aromatic carbocycles. The first-order valence-electron chi connectivity index (χ1n) is 8.64. The van der Waals surface area contributed by atoms with Crippen LogP contribution < -0.4 is 5.32 Å². The van der Waals surface area contributed by atoms with E-state index >= 15 is 0 Å². The molecule has 0 spiro atoms. The molecule has 1 aromatic rings. The van der Waals surface area contributed by atoms with Gasteiger partial charge in [-0.3, -0.25) is 14.7 Å². The van der Waals surface area contributed by atoms with E-state index in [1.54, 1.807) is 13.3 Å². The van der Waals surface area contributed by atoms with Crippen LogP contribution in [0, 0.1) is 0 Å². The molecule has 1 N–H and O–H groups in total. The van der Waals surface area contributed by atoms with Crippen molar-refractivity contribution in [1.29, 1.82) is 0 Å². The third-order valence-corrected chi connectivity index (χ3v) is 4.55. The predicted molar refractivity (Wildman–Crippen MR) is 91.0 cm³/mol. The van der Waals surface area contributed by atoms with E-state index in [1.165, 1.54) is 19.3 Å². The lowest BCUT2D eigenvalue weighted by atomic mass is 9.95. The second kappa shape index (κ2) is 9.63. The topological polar surface area (TPSA) is 54.5 Å². The van der Waals surface area contributed by atoms with Gasteiger partial charge in [-0.05, 0) is 31.9 Å². The van der Waals surface area contributed by atoms with Crippen molar-refractivity contribution in [1.82, 2.24) is 15.2 Å². The van der Waals surface area contributed by atoms with Crippen LogP contribution >= 0.6 is 0 Å². The van der Waals surface area contributed by atoms with Crippen LogP contribution in [0.25, 0.3) is 0 Å². The highest BCUT2D eigenvalue weighted by atomic mass is 16.5. The number of amides is 1. The summed E-state index contributed by atoms with van der Waals surface area (Å²) < 4.78 is 5.20. The Kier molecular flexibility index (Phi) is 7.49. The number of nitrogens with zero attached hydrogens (tertiary/aromatic N) is 2. The minimum atomic E-state index is -0.186. The molecule has 0 unspecified atom stereocenters. The average Bonchev–Trinajstić information content (AvgIpc) is 2.59. The summed E-state index contributed by atoms with van der Waals surface area (Å²) in [5, 5.41) is 3.22. The quantitative estimate of drug-likeness (QED) is 0.799. The van der Waals surface area contributed by atoms with Crippen LogP contribution in [0.5, 0.6) is 0 Å². The molecule has 1 fully saturated rings. The van der Waals surface area contributed by atoms with E-state index in [2.05, 4.69) is 15.2 Å². The van der Waals surface area contributed by atoms with Crippen LogP contribution in [0.1, 0.15) is 44.7 Å². The number of hydrogen-bond donors (Lipinski definition) is 1. The van der Waals surface area contributed by atoms with Gasteiger partial charge in [-0.2, -0.15) is 0 Å². The van der Waals surface area contributed by atoms with Crippen LogP contribution in [0.4, 0.5) is 0 Å². The van der Waals surface area contributed by atoms with Crippen molar-refractivity contribution < 1.29 is 9.53 Å². The Labute approximate surface area is 139 Å². The van der Waals surface area contributed by atoms with Crippen molar-refractivity contribution in [3.8, 4) is 0 Å². The maximum Gasteiger partial charge on any atom is 0.237 e. The molecule has 1 heterocycles. The number of carbonyl (C=O) groups excluding carboxylic acids is 1. The number of carbonyl (C=O) groups is 1. The fourth-order valence-electron chi connectivity index (χ4n) is 3.05. The fraction of sp³-hybridized carbons (Fsp3) is 0.667. The number of pyridine rings is 1. The number of hydrogen-bond acceptors (Lipinski definition) is 4. The summed E-state index contributed by atoms with van der Waals surface area (Å²) in [6.45, 7) is 3.94. The number of nitrogens with one attached hydrogen (secondary N) is 1. The first-order valence-corrected chi connectivity index (χ1v) is 8.64. The first kappa shape index (κ1) is 17.9. The number of aromatic nitrogens is 1. The minimum absolute atomic E-state index is 0.115. The molecule has 1 saturated carbocycles. The lowest BCUT2D eigenvalue weighted by Gasteiger charge is -2.30. The van der Waals surface area contributed by atoms with Gasteiger partial charge in [-0.15, -0.1) is 0 Å². The molecular weight excluding hydrogens is 290 g/mol. The molecule has 5 nitrogen and oxygen atoms in total. The second-order valence-corrected chi connectivity index (χ2v) is 6.30. The van der Waals surface area contributed by atoms with E-state index in [1.807, 2.05) is 25.1 Å². The Balaban J connectivity index is 1.94. The molecule has 23 heavy (non-hydrogen) atoms. The summed E-state index contributed by atoms with van der Waals surface area (Å²) in [5.74, 6) is 0.115. The summed E-state index contributed by atoms with van der Waals surface area (Å²) >= 11 is 0. The summed E-state index contributed by atoms with van der Waals surface area (Å²) in [6.07, 6.45) is 7.74. The Hall–Kier alpha value is -1.46. The molecular formula is C18H29N3O2. The Morgan fingerprint density at radius 1 is 1.39 bits per heavy atom. The van der Waals surface area contributed by atoms with E-state index in [4.69, 9.17) is 4.74 Å². The van der Waals surface area contributed by atoms with Crippen molar-refractivity contribution in [2.75, 3.05) is 20.3 Å². The summed E-state index contributed by atoms with van der Waals surface area (Å²) in [5.41, 5.74) is 0.973. The van der Waals surface area contributed by atoms with Gasteiger partial charge in [0.1, 0.15) is 0 Å². The molecule has 0 saturated heterocycles. The van der Waals surface area contributed by atoms with E-state index < -0.39 is 0 Å². The van der Waals surface area contributed by atoms with Gasteiger partial charge in [0.05, 0.1) is 18.3 Å². The third-order valence-electron chi connectivity index (χ3n) is 4.55. The van der Waals surface area contributed by atoms with Crippen LogP contribution in [-0.2, 0) is 16.1 Å². The fourth-order valence-corrected chi connectivity index (χ4v) is 3.05. The molecule has 0 aliphatic heterocycles. The van der Waals surface area contributed by atoms with Gasteiger partial charge >= 0.3 is 0 Å². The molecule has 1 amide bonds. The van der Waals surface area contributed by atoms with E-state index in [-0.39, 0.29) is 11.9 Å². The van der Waals surface area contributed by atoms with Crippen LogP contribution in [0.2, 0.25) is 0 Å². The van der Waals surface area contributed by atoms with Crippen molar-refractivity contribution >= 4 is 5.91 Å². The number of ether oxygens (including phenoxy) is 1. The molecule has 0 radical (unpaired) electrons. The molecule has 128 valence electrons. The smallest absolute Gasteiger partial charge is 0.237 e. The Morgan fingerprint density at radius 3 is 2.83 bits per heavy atom. The molecule has 1 atom stereocenters. The van der Waals surface area contributed by atoms with Crippen LogP contribution in [0.15, 0.2) is 24.4 Å². The molecule has 0 bridgehead atoms. The lowest BCUT2D eigenvalue weighted by molar-refractivity contribution is -0.127. The van der Waals surface area contributed by atoms with Gasteiger partial charge in [0.25, 0.3) is 0 Å². The Morgan fingerprint density at radius 2 is 2.17 bits per heavy atom. The van der Waals surface area contributed by atoms with Gasteiger partial charge in [0.2, 0.25) is 5.91 Å². The van der Waals surface area contributed by atoms with Gasteiger partial charge in [-0.25, -0.2) is 0 Å². The maximum absolute atomic E-state index is 12.6. The average molecular weight is 319 g/mol. The maximum atomic E-state index is 12.6. The van der Waals surface area contributed by atoms with Crippen LogP contribution in [0.3, 0.4) is 0 Å². The van der Waals surface area contributed by atoms with Gasteiger partial charge in [0, 0.05) is 32.4 Å². The molecule has 1 aliphatic carbocycles. The van der Waals surface area contributed by atoms with Crippen molar-refractivity contribution in [2.45, 2.75) is 57.7 Å². The predicted octanol–water partition coefficient (Wildman–Crippen LogP) is 2.37. The SMILES string of the molecule is COCCN(Cc1ccccn1)[C@@H](C)C(=O)NC1CCCCC1. The third kappa shape index (κ3) is 5.92. The van der Waals surface area contributed by atoms with E-state index in [9.17, 15) is 4.79 Å². The molecule has 5 heteroatoms. The van der Waals surface area contributed by atoms with E-state index in [0.29, 0.717) is 25.7 Å². The molecule has 1 aliphatic rings. The summed E-state index contributed by atoms with van der Waals surface area (Å²) in [4.78, 5) is 19.1. The Bertz CT molecular complexity index is 461. The van der Waals surface area contributed by atoms with Gasteiger partial charge < -0.3 is 10.1 Å². The molecule has 1 aromatic heterocycles. The lowest BCUT2D eigenvalue weighted by Crippen LogP contribution is -2.49. The summed E-state index contributed by atoms with van der Waals surface area (Å²) in [7, 11) is 1.69. The zero-order valence-electron chi connectivity index (χ0n) is 14.3. The number of methoxy groups -OCH3 is 1.